The number of rotatable bonds is 6. The zero-order valence-corrected chi connectivity index (χ0v) is 17.5. The number of nitro groups is 1. The lowest BCUT2D eigenvalue weighted by atomic mass is 9.85. The van der Waals surface area contributed by atoms with Crippen LogP contribution >= 0.6 is 0 Å². The number of hydrogen-bond acceptors (Lipinski definition) is 6. The number of carbonyl (C=O) groups excluding carboxylic acids is 2. The molecule has 1 heterocycles. The molecular weight excluding hydrogens is 433 g/mol. The number of esters is 1. The van der Waals surface area contributed by atoms with Gasteiger partial charge in [0.25, 0.3) is 11.8 Å². The Hall–Kier alpha value is -3.55. The highest BCUT2D eigenvalue weighted by molar-refractivity contribution is 5.78. The summed E-state index contributed by atoms with van der Waals surface area (Å²) in [5, 5.41) is 13.6. The summed E-state index contributed by atoms with van der Waals surface area (Å²) in [6, 6.07) is 4.02. The van der Waals surface area contributed by atoms with E-state index in [0.717, 1.165) is 6.08 Å². The Bertz CT molecular complexity index is 1010. The Morgan fingerprint density at radius 3 is 2.56 bits per heavy atom. The average molecular weight is 454 g/mol. The Morgan fingerprint density at radius 1 is 1.28 bits per heavy atom. The molecule has 1 aromatic rings. The van der Waals surface area contributed by atoms with E-state index in [1.807, 2.05) is 0 Å². The topological polar surface area (TPSA) is 108 Å². The Morgan fingerprint density at radius 2 is 1.97 bits per heavy atom. The van der Waals surface area contributed by atoms with Crippen LogP contribution in [-0.4, -0.2) is 42.7 Å². The van der Waals surface area contributed by atoms with Gasteiger partial charge in [0.2, 0.25) is 5.91 Å². The Labute approximate surface area is 181 Å². The van der Waals surface area contributed by atoms with Crippen LogP contribution in [0.2, 0.25) is 0 Å². The molecule has 0 spiro atoms. The fourth-order valence-corrected chi connectivity index (χ4v) is 2.96. The molecule has 0 saturated carbocycles. The van der Waals surface area contributed by atoms with E-state index >= 15 is 0 Å². The van der Waals surface area contributed by atoms with Crippen molar-refractivity contribution in [1.82, 2.24) is 5.32 Å². The van der Waals surface area contributed by atoms with Gasteiger partial charge in [-0.25, -0.2) is 0 Å². The lowest BCUT2D eigenvalue weighted by Gasteiger charge is -2.24. The standard InChI is InChI=1S/C21H21F3N2O6/c1-20(2,12-18(28)31-3)11-17(27)25-8-4-5-13-6-7-16-14(9-13)10-15(26(29)30)19(32-16)21(22,23)24/h6-7,9-10,19H,8,11-12H2,1-3H3,(H,25,27). The van der Waals surface area contributed by atoms with Crippen molar-refractivity contribution in [2.24, 2.45) is 5.41 Å². The molecule has 1 N–H and O–H groups in total. The minimum Gasteiger partial charge on any atom is -0.469 e. The SMILES string of the molecule is COC(=O)CC(C)(C)CC(=O)NCC#Cc1ccc2c(c1)C=C([N+](=O)[O-])C(C(F)(F)F)O2. The fourth-order valence-electron chi connectivity index (χ4n) is 2.96. The number of carbonyl (C=O) groups is 2. The third-order valence-corrected chi connectivity index (χ3v) is 4.43. The summed E-state index contributed by atoms with van der Waals surface area (Å²) in [7, 11) is 1.27. The van der Waals surface area contributed by atoms with E-state index < -0.39 is 34.3 Å². The number of alkyl halides is 3. The minimum absolute atomic E-state index is 0.00709. The number of benzene rings is 1. The van der Waals surface area contributed by atoms with Gasteiger partial charge >= 0.3 is 12.1 Å². The normalized spacial score (nSPS) is 15.3. The number of nitrogens with zero attached hydrogens (tertiary/aromatic N) is 1. The Balaban J connectivity index is 2.04. The van der Waals surface area contributed by atoms with Crippen LogP contribution in [0.15, 0.2) is 23.9 Å². The van der Waals surface area contributed by atoms with E-state index in [-0.39, 0.29) is 36.6 Å². The van der Waals surface area contributed by atoms with E-state index in [1.165, 1.54) is 25.3 Å². The summed E-state index contributed by atoms with van der Waals surface area (Å²) in [6.45, 7) is 3.49. The van der Waals surface area contributed by atoms with Gasteiger partial charge in [-0.1, -0.05) is 25.7 Å². The molecule has 1 amide bonds. The van der Waals surface area contributed by atoms with Crippen molar-refractivity contribution in [1.29, 1.82) is 0 Å². The van der Waals surface area contributed by atoms with Crippen molar-refractivity contribution in [2.45, 2.75) is 39.0 Å². The molecule has 172 valence electrons. The highest BCUT2D eigenvalue weighted by Gasteiger charge is 2.51. The van der Waals surface area contributed by atoms with Crippen LogP contribution < -0.4 is 10.1 Å². The molecule has 0 radical (unpaired) electrons. The lowest BCUT2D eigenvalue weighted by Crippen LogP contribution is -2.40. The zero-order chi connectivity index (χ0) is 24.1. The molecule has 0 aromatic heterocycles. The van der Waals surface area contributed by atoms with Crippen LogP contribution in [0.4, 0.5) is 13.2 Å². The largest absolute Gasteiger partial charge is 0.469 e. The first kappa shape index (κ1) is 24.7. The molecule has 8 nitrogen and oxygen atoms in total. The van der Waals surface area contributed by atoms with Crippen molar-refractivity contribution in [3.05, 3.63) is 45.1 Å². The summed E-state index contributed by atoms with van der Waals surface area (Å²) >= 11 is 0. The quantitative estimate of drug-likeness (QED) is 0.306. The fraction of sp³-hybridized carbons (Fsp3) is 0.429. The summed E-state index contributed by atoms with van der Waals surface area (Å²) in [6.07, 6.45) is -6.62. The van der Waals surface area contributed by atoms with Crippen LogP contribution in [0.1, 0.15) is 37.8 Å². The van der Waals surface area contributed by atoms with E-state index in [2.05, 4.69) is 21.9 Å². The van der Waals surface area contributed by atoms with Crippen LogP contribution in [-0.2, 0) is 14.3 Å². The molecule has 0 saturated heterocycles. The van der Waals surface area contributed by atoms with Crippen molar-refractivity contribution in [3.8, 4) is 17.6 Å². The van der Waals surface area contributed by atoms with Crippen LogP contribution in [0, 0.1) is 27.4 Å². The van der Waals surface area contributed by atoms with Gasteiger partial charge in [-0.3, -0.25) is 19.7 Å². The second kappa shape index (κ2) is 9.72. The zero-order valence-electron chi connectivity index (χ0n) is 17.5. The smallest absolute Gasteiger partial charge is 0.436 e. The molecule has 0 fully saturated rings. The van der Waals surface area contributed by atoms with Gasteiger partial charge in [-0.05, 0) is 23.6 Å². The molecule has 32 heavy (non-hydrogen) atoms. The van der Waals surface area contributed by atoms with Crippen LogP contribution in [0.25, 0.3) is 6.08 Å². The molecule has 0 aliphatic carbocycles. The molecule has 1 atom stereocenters. The van der Waals surface area contributed by atoms with Crippen LogP contribution in [0.3, 0.4) is 0 Å². The van der Waals surface area contributed by atoms with Gasteiger partial charge in [0, 0.05) is 23.6 Å². The summed E-state index contributed by atoms with van der Waals surface area (Å²) in [5.74, 6) is 4.53. The minimum atomic E-state index is -4.93. The van der Waals surface area contributed by atoms with Gasteiger partial charge in [-0.15, -0.1) is 0 Å². The second-order valence-electron chi connectivity index (χ2n) is 7.79. The number of hydrogen-bond donors (Lipinski definition) is 1. The van der Waals surface area contributed by atoms with Crippen LogP contribution in [0.5, 0.6) is 5.75 Å². The maximum atomic E-state index is 13.0. The molecular formula is C21H21F3N2O6. The van der Waals surface area contributed by atoms with E-state index in [9.17, 15) is 32.9 Å². The van der Waals surface area contributed by atoms with Gasteiger partial charge in [0.15, 0.2) is 0 Å². The predicted molar refractivity (Wildman–Crippen MR) is 107 cm³/mol. The summed E-state index contributed by atoms with van der Waals surface area (Å²) in [4.78, 5) is 33.3. The molecule has 1 unspecified atom stereocenters. The number of halogens is 3. The first-order valence-corrected chi connectivity index (χ1v) is 9.38. The number of ether oxygens (including phenoxy) is 2. The highest BCUT2D eigenvalue weighted by atomic mass is 19.4. The van der Waals surface area contributed by atoms with E-state index in [1.54, 1.807) is 13.8 Å². The van der Waals surface area contributed by atoms with Gasteiger partial charge in [-0.2, -0.15) is 13.2 Å². The van der Waals surface area contributed by atoms with E-state index in [4.69, 9.17) is 4.74 Å². The lowest BCUT2D eigenvalue weighted by molar-refractivity contribution is -0.443. The van der Waals surface area contributed by atoms with Gasteiger partial charge in [0.05, 0.1) is 25.0 Å². The first-order valence-electron chi connectivity index (χ1n) is 9.38. The van der Waals surface area contributed by atoms with Crippen molar-refractivity contribution in [2.75, 3.05) is 13.7 Å². The number of nitrogens with one attached hydrogen (secondary N) is 1. The van der Waals surface area contributed by atoms with E-state index in [0.29, 0.717) is 5.56 Å². The average Bonchev–Trinajstić information content (AvgIpc) is 2.68. The van der Waals surface area contributed by atoms with Crippen molar-refractivity contribution < 1.29 is 37.2 Å². The molecule has 2 rings (SSSR count). The number of fused-ring (bicyclic) bond motifs is 1. The monoisotopic (exact) mass is 454 g/mol. The second-order valence-corrected chi connectivity index (χ2v) is 7.79. The maximum Gasteiger partial charge on any atom is 0.436 e. The van der Waals surface area contributed by atoms with Crippen molar-refractivity contribution in [3.63, 3.8) is 0 Å². The molecule has 1 aliphatic heterocycles. The Kier molecular flexibility index (Phi) is 7.51. The molecule has 1 aliphatic rings. The van der Waals surface area contributed by atoms with Crippen molar-refractivity contribution >= 4 is 18.0 Å². The summed E-state index contributed by atoms with van der Waals surface area (Å²) < 4.78 is 48.5. The molecule has 11 heteroatoms. The molecule has 0 bridgehead atoms. The number of amides is 1. The summed E-state index contributed by atoms with van der Waals surface area (Å²) in [5.41, 5.74) is -1.25. The maximum absolute atomic E-state index is 13.0. The predicted octanol–water partition coefficient (Wildman–Crippen LogP) is 3.07. The van der Waals surface area contributed by atoms with Gasteiger partial charge in [0.1, 0.15) is 5.75 Å². The number of methoxy groups -OCH3 is 1. The molecule has 1 aromatic carbocycles. The third kappa shape index (κ3) is 6.73. The van der Waals surface area contributed by atoms with Gasteiger partial charge < -0.3 is 14.8 Å². The highest BCUT2D eigenvalue weighted by Crippen LogP contribution is 2.37. The first-order chi connectivity index (χ1) is 14.8. The third-order valence-electron chi connectivity index (χ3n) is 4.43.